The monoisotopic (exact) mass is 323 g/mol. The van der Waals surface area contributed by atoms with Gasteiger partial charge >= 0.3 is 5.97 Å². The predicted molar refractivity (Wildman–Crippen MR) is 90.0 cm³/mol. The summed E-state index contributed by atoms with van der Waals surface area (Å²) in [5, 5.41) is 6.19. The van der Waals surface area contributed by atoms with E-state index in [1.54, 1.807) is 14.2 Å². The molecule has 1 rings (SSSR count). The number of rotatable bonds is 9. The van der Waals surface area contributed by atoms with E-state index < -0.39 is 0 Å². The summed E-state index contributed by atoms with van der Waals surface area (Å²) in [6, 6.07) is 7.59. The van der Waals surface area contributed by atoms with Crippen molar-refractivity contribution in [2.75, 3.05) is 46.3 Å². The summed E-state index contributed by atoms with van der Waals surface area (Å²) in [4.78, 5) is 15.2. The Kier molecular flexibility index (Phi) is 9.23. The first-order valence-electron chi connectivity index (χ1n) is 7.46. The van der Waals surface area contributed by atoms with Crippen molar-refractivity contribution in [3.8, 4) is 5.75 Å². The van der Waals surface area contributed by atoms with Crippen LogP contribution in [-0.2, 0) is 14.3 Å². The fourth-order valence-electron chi connectivity index (χ4n) is 1.76. The molecular weight excluding hydrogens is 298 g/mol. The molecule has 23 heavy (non-hydrogen) atoms. The number of methoxy groups -OCH3 is 2. The van der Waals surface area contributed by atoms with Gasteiger partial charge in [0.25, 0.3) is 0 Å². The Hall–Kier alpha value is -2.28. The molecule has 0 fully saturated rings. The summed E-state index contributed by atoms with van der Waals surface area (Å²) in [5.41, 5.74) is 0.848. The summed E-state index contributed by atoms with van der Waals surface area (Å²) < 4.78 is 15.2. The quantitative estimate of drug-likeness (QED) is 0.311. The number of nitrogens with one attached hydrogen (secondary N) is 2. The molecule has 0 aliphatic carbocycles. The van der Waals surface area contributed by atoms with Gasteiger partial charge in [0.15, 0.2) is 5.96 Å². The zero-order chi connectivity index (χ0) is 16.9. The third-order valence-corrected chi connectivity index (χ3v) is 2.93. The summed E-state index contributed by atoms with van der Waals surface area (Å²) in [5.74, 6) is 1.08. The second-order valence-electron chi connectivity index (χ2n) is 4.67. The lowest BCUT2D eigenvalue weighted by Gasteiger charge is -2.13. The van der Waals surface area contributed by atoms with Crippen LogP contribution in [0, 0.1) is 0 Å². The number of aliphatic imine (C=N–C) groups is 1. The van der Waals surface area contributed by atoms with E-state index in [1.807, 2.05) is 24.3 Å². The maximum atomic E-state index is 11.1. The maximum absolute atomic E-state index is 11.1. The van der Waals surface area contributed by atoms with E-state index in [0.29, 0.717) is 25.7 Å². The molecule has 0 saturated heterocycles. The average Bonchev–Trinajstić information content (AvgIpc) is 2.58. The number of esters is 1. The minimum Gasteiger partial charge on any atom is -0.493 e. The van der Waals surface area contributed by atoms with Crippen LogP contribution in [0.15, 0.2) is 29.3 Å². The fraction of sp³-hybridized carbons (Fsp3) is 0.500. The van der Waals surface area contributed by atoms with Crippen LogP contribution in [0.3, 0.4) is 0 Å². The number of carbonyl (C=O) groups excluding carboxylic acids is 1. The van der Waals surface area contributed by atoms with Crippen LogP contribution in [0.1, 0.15) is 12.8 Å². The molecule has 7 heteroatoms. The Morgan fingerprint density at radius 2 is 2.09 bits per heavy atom. The molecule has 0 unspecified atom stereocenters. The summed E-state index contributed by atoms with van der Waals surface area (Å²) >= 11 is 0. The normalized spacial score (nSPS) is 11.0. The third kappa shape index (κ3) is 8.06. The number of carbonyl (C=O) groups is 1. The molecule has 0 amide bonds. The molecule has 0 aliphatic rings. The van der Waals surface area contributed by atoms with Crippen molar-refractivity contribution >= 4 is 17.6 Å². The van der Waals surface area contributed by atoms with E-state index in [1.165, 1.54) is 7.11 Å². The third-order valence-electron chi connectivity index (χ3n) is 2.93. The molecule has 0 bridgehead atoms. The Morgan fingerprint density at radius 3 is 2.78 bits per heavy atom. The van der Waals surface area contributed by atoms with E-state index >= 15 is 0 Å². The van der Waals surface area contributed by atoms with Crippen molar-refractivity contribution in [1.29, 1.82) is 0 Å². The highest BCUT2D eigenvalue weighted by Crippen LogP contribution is 2.17. The first kappa shape index (κ1) is 18.8. The molecule has 0 atom stereocenters. The van der Waals surface area contributed by atoms with E-state index in [0.717, 1.165) is 17.9 Å². The van der Waals surface area contributed by atoms with E-state index in [9.17, 15) is 4.79 Å². The highest BCUT2D eigenvalue weighted by Gasteiger charge is 2.03. The minimum absolute atomic E-state index is 0.264. The van der Waals surface area contributed by atoms with Crippen LogP contribution in [0.4, 0.5) is 5.69 Å². The molecule has 7 nitrogen and oxygen atoms in total. The molecule has 0 aliphatic heterocycles. The van der Waals surface area contributed by atoms with Gasteiger partial charge in [-0.3, -0.25) is 9.79 Å². The van der Waals surface area contributed by atoms with Crippen LogP contribution in [-0.4, -0.2) is 53.0 Å². The largest absolute Gasteiger partial charge is 0.493 e. The van der Waals surface area contributed by atoms with Gasteiger partial charge in [-0.25, -0.2) is 0 Å². The van der Waals surface area contributed by atoms with Gasteiger partial charge in [0, 0.05) is 45.5 Å². The molecule has 1 aromatic carbocycles. The first-order chi connectivity index (χ1) is 11.2. The highest BCUT2D eigenvalue weighted by molar-refractivity contribution is 5.93. The van der Waals surface area contributed by atoms with Crippen molar-refractivity contribution in [2.45, 2.75) is 12.8 Å². The fourth-order valence-corrected chi connectivity index (χ4v) is 1.76. The van der Waals surface area contributed by atoms with Gasteiger partial charge < -0.3 is 24.8 Å². The van der Waals surface area contributed by atoms with Crippen LogP contribution in [0.5, 0.6) is 5.75 Å². The zero-order valence-corrected chi connectivity index (χ0v) is 13.9. The zero-order valence-electron chi connectivity index (χ0n) is 13.9. The van der Waals surface area contributed by atoms with E-state index in [4.69, 9.17) is 9.47 Å². The molecular formula is C16H25N3O4. The van der Waals surface area contributed by atoms with Crippen LogP contribution < -0.4 is 15.4 Å². The van der Waals surface area contributed by atoms with E-state index in [-0.39, 0.29) is 12.4 Å². The smallest absolute Gasteiger partial charge is 0.307 e. The molecule has 1 aromatic rings. The Bertz CT molecular complexity index is 506. The number of anilines is 1. The van der Waals surface area contributed by atoms with Crippen molar-refractivity contribution in [1.82, 2.24) is 5.32 Å². The SMILES string of the molecule is CN=C(NCCC(=O)OC)Nc1cccc(OCCCOC)c1. The van der Waals surface area contributed by atoms with Gasteiger partial charge in [-0.1, -0.05) is 6.07 Å². The van der Waals surface area contributed by atoms with Gasteiger partial charge in [-0.2, -0.15) is 0 Å². The molecule has 0 radical (unpaired) electrons. The van der Waals surface area contributed by atoms with Crippen molar-refractivity contribution in [3.05, 3.63) is 24.3 Å². The van der Waals surface area contributed by atoms with Crippen molar-refractivity contribution < 1.29 is 19.0 Å². The molecule has 0 aromatic heterocycles. The highest BCUT2D eigenvalue weighted by atomic mass is 16.5. The standard InChI is InChI=1S/C16H25N3O4/c1-17-16(18-9-8-15(20)22-3)19-13-6-4-7-14(12-13)23-11-5-10-21-2/h4,6-7,12H,5,8-11H2,1-3H3,(H2,17,18,19). The average molecular weight is 323 g/mol. The molecule has 128 valence electrons. The summed E-state index contributed by atoms with van der Waals surface area (Å²) in [6.07, 6.45) is 1.12. The first-order valence-corrected chi connectivity index (χ1v) is 7.46. The lowest BCUT2D eigenvalue weighted by molar-refractivity contribution is -0.140. The molecule has 2 N–H and O–H groups in total. The Morgan fingerprint density at radius 1 is 1.26 bits per heavy atom. The van der Waals surface area contributed by atoms with Crippen LogP contribution in [0.25, 0.3) is 0 Å². The van der Waals surface area contributed by atoms with Crippen molar-refractivity contribution in [2.24, 2.45) is 4.99 Å². The number of hydrogen-bond donors (Lipinski definition) is 2. The lowest BCUT2D eigenvalue weighted by Crippen LogP contribution is -2.32. The molecule has 0 heterocycles. The van der Waals surface area contributed by atoms with E-state index in [2.05, 4.69) is 20.4 Å². The van der Waals surface area contributed by atoms with Crippen LogP contribution >= 0.6 is 0 Å². The topological polar surface area (TPSA) is 81.2 Å². The number of benzene rings is 1. The number of ether oxygens (including phenoxy) is 3. The van der Waals surface area contributed by atoms with Gasteiger partial charge in [0.1, 0.15) is 5.75 Å². The number of nitrogens with zero attached hydrogens (tertiary/aromatic N) is 1. The summed E-state index contributed by atoms with van der Waals surface area (Å²) in [7, 11) is 4.70. The maximum Gasteiger partial charge on any atom is 0.307 e. The summed E-state index contributed by atoms with van der Waals surface area (Å²) in [6.45, 7) is 1.72. The number of hydrogen-bond acceptors (Lipinski definition) is 5. The van der Waals surface area contributed by atoms with Crippen molar-refractivity contribution in [3.63, 3.8) is 0 Å². The van der Waals surface area contributed by atoms with Crippen LogP contribution in [0.2, 0.25) is 0 Å². The second-order valence-corrected chi connectivity index (χ2v) is 4.67. The lowest BCUT2D eigenvalue weighted by atomic mass is 10.3. The Labute approximate surface area is 137 Å². The minimum atomic E-state index is -0.264. The molecule has 0 saturated carbocycles. The van der Waals surface area contributed by atoms with Gasteiger partial charge in [-0.15, -0.1) is 0 Å². The van der Waals surface area contributed by atoms with Gasteiger partial charge in [-0.05, 0) is 12.1 Å². The second kappa shape index (κ2) is 11.3. The molecule has 0 spiro atoms. The van der Waals surface area contributed by atoms with Gasteiger partial charge in [0.05, 0.1) is 20.1 Å². The Balaban J connectivity index is 2.46. The number of guanidine groups is 1. The predicted octanol–water partition coefficient (Wildman–Crippen LogP) is 1.65. The van der Waals surface area contributed by atoms with Gasteiger partial charge in [0.2, 0.25) is 0 Å².